The van der Waals surface area contributed by atoms with Crippen LogP contribution in [0.25, 0.3) is 0 Å². The van der Waals surface area contributed by atoms with Gasteiger partial charge in [-0.2, -0.15) is 0 Å². The second-order valence-electron chi connectivity index (χ2n) is 3.87. The molecule has 0 aliphatic carbocycles. The first-order valence-electron chi connectivity index (χ1n) is 5.13. The number of hydrogen-bond donors (Lipinski definition) is 4. The monoisotopic (exact) mass is 247 g/mol. The maximum Gasteiger partial charge on any atom is 0.247 e. The van der Waals surface area contributed by atoms with Gasteiger partial charge in [-0.15, -0.1) is 0 Å². The SMILES string of the molecule is C=CC(=O)N(C)[C@@H]1O[C@H](CO)[C@@H](O)[C@H](O)[C@H]1O. The van der Waals surface area contributed by atoms with Gasteiger partial charge in [0.1, 0.15) is 24.4 Å². The predicted molar refractivity (Wildman–Crippen MR) is 56.7 cm³/mol. The van der Waals surface area contributed by atoms with Crippen LogP contribution in [-0.2, 0) is 9.53 Å². The van der Waals surface area contributed by atoms with E-state index >= 15 is 0 Å². The van der Waals surface area contributed by atoms with E-state index in [2.05, 4.69) is 6.58 Å². The number of nitrogens with zero attached hydrogens (tertiary/aromatic N) is 1. The maximum absolute atomic E-state index is 11.3. The predicted octanol–water partition coefficient (Wildman–Crippen LogP) is -2.57. The molecule has 0 aromatic heterocycles. The number of ether oxygens (including phenoxy) is 1. The molecular weight excluding hydrogens is 230 g/mol. The van der Waals surface area contributed by atoms with Gasteiger partial charge >= 0.3 is 0 Å². The lowest BCUT2D eigenvalue weighted by molar-refractivity contribution is -0.258. The normalized spacial score (nSPS) is 37.6. The summed E-state index contributed by atoms with van der Waals surface area (Å²) in [6.45, 7) is 2.75. The van der Waals surface area contributed by atoms with Crippen LogP contribution in [0.5, 0.6) is 0 Å². The number of rotatable bonds is 3. The average molecular weight is 247 g/mol. The fourth-order valence-corrected chi connectivity index (χ4v) is 1.67. The van der Waals surface area contributed by atoms with Crippen LogP contribution >= 0.6 is 0 Å². The van der Waals surface area contributed by atoms with Crippen molar-refractivity contribution in [1.82, 2.24) is 4.90 Å². The highest BCUT2D eigenvalue weighted by atomic mass is 16.6. The van der Waals surface area contributed by atoms with Crippen LogP contribution in [0.3, 0.4) is 0 Å². The van der Waals surface area contributed by atoms with Crippen molar-refractivity contribution in [3.8, 4) is 0 Å². The molecule has 0 radical (unpaired) electrons. The molecular formula is C10H17NO6. The first kappa shape index (κ1) is 14.1. The summed E-state index contributed by atoms with van der Waals surface area (Å²) in [5, 5.41) is 37.7. The fourth-order valence-electron chi connectivity index (χ4n) is 1.67. The summed E-state index contributed by atoms with van der Waals surface area (Å²) in [7, 11) is 1.36. The van der Waals surface area contributed by atoms with Gasteiger partial charge in [0, 0.05) is 7.05 Å². The Bertz CT molecular complexity index is 295. The number of hydrogen-bond acceptors (Lipinski definition) is 6. The van der Waals surface area contributed by atoms with Crippen molar-refractivity contribution in [2.45, 2.75) is 30.6 Å². The highest BCUT2D eigenvalue weighted by Gasteiger charge is 2.45. The Morgan fingerprint density at radius 2 is 1.94 bits per heavy atom. The Balaban J connectivity index is 2.85. The van der Waals surface area contributed by atoms with E-state index in [1.165, 1.54) is 7.05 Å². The van der Waals surface area contributed by atoms with Gasteiger partial charge in [0.05, 0.1) is 6.61 Å². The third-order valence-corrected chi connectivity index (χ3v) is 2.77. The molecule has 7 nitrogen and oxygen atoms in total. The van der Waals surface area contributed by atoms with Crippen LogP contribution in [0.1, 0.15) is 0 Å². The molecule has 0 bridgehead atoms. The molecule has 98 valence electrons. The molecule has 0 aromatic rings. The van der Waals surface area contributed by atoms with Crippen molar-refractivity contribution in [2.75, 3.05) is 13.7 Å². The molecule has 1 amide bonds. The molecule has 0 unspecified atom stereocenters. The van der Waals surface area contributed by atoms with Gasteiger partial charge in [-0.1, -0.05) is 6.58 Å². The van der Waals surface area contributed by atoms with Crippen molar-refractivity contribution < 1.29 is 30.0 Å². The molecule has 1 fully saturated rings. The summed E-state index contributed by atoms with van der Waals surface area (Å²) in [5.74, 6) is -0.505. The van der Waals surface area contributed by atoms with Crippen LogP contribution in [0.2, 0.25) is 0 Å². The molecule has 17 heavy (non-hydrogen) atoms. The lowest BCUT2D eigenvalue weighted by Gasteiger charge is -2.43. The number of aliphatic hydroxyl groups is 4. The Hall–Kier alpha value is -0.990. The lowest BCUT2D eigenvalue weighted by Crippen LogP contribution is -2.63. The maximum atomic E-state index is 11.3. The van der Waals surface area contributed by atoms with Crippen LogP contribution in [0.15, 0.2) is 12.7 Å². The average Bonchev–Trinajstić information content (AvgIpc) is 2.34. The topological polar surface area (TPSA) is 110 Å². The number of aliphatic hydroxyl groups excluding tert-OH is 4. The Kier molecular flexibility index (Phi) is 4.61. The summed E-state index contributed by atoms with van der Waals surface area (Å²) in [6.07, 6.45) is -5.53. The van der Waals surface area contributed by atoms with E-state index < -0.39 is 43.2 Å². The van der Waals surface area contributed by atoms with E-state index in [4.69, 9.17) is 9.84 Å². The van der Waals surface area contributed by atoms with Gasteiger partial charge in [0.25, 0.3) is 0 Å². The summed E-state index contributed by atoms with van der Waals surface area (Å²) in [5.41, 5.74) is 0. The molecule has 0 aromatic carbocycles. The standard InChI is InChI=1S/C10H17NO6/c1-3-6(13)11(2)10-9(16)8(15)7(14)5(4-12)17-10/h3,5,7-10,12,14-16H,1,4H2,2H3/t5-,7-,8+,9-,10-/m1/s1. The molecule has 0 spiro atoms. The smallest absolute Gasteiger partial charge is 0.247 e. The second-order valence-corrected chi connectivity index (χ2v) is 3.87. The lowest BCUT2D eigenvalue weighted by atomic mass is 9.98. The van der Waals surface area contributed by atoms with Gasteiger partial charge in [-0.05, 0) is 6.08 Å². The quantitative estimate of drug-likeness (QED) is 0.408. The molecule has 1 aliphatic rings. The summed E-state index contributed by atoms with van der Waals surface area (Å²) >= 11 is 0. The van der Waals surface area contributed by atoms with Crippen molar-refractivity contribution in [3.05, 3.63) is 12.7 Å². The van der Waals surface area contributed by atoms with Gasteiger partial charge in [0.15, 0.2) is 6.23 Å². The van der Waals surface area contributed by atoms with Gasteiger partial charge in [0.2, 0.25) is 5.91 Å². The highest BCUT2D eigenvalue weighted by molar-refractivity contribution is 5.86. The van der Waals surface area contributed by atoms with Crippen LogP contribution in [0, 0.1) is 0 Å². The van der Waals surface area contributed by atoms with Crippen LogP contribution in [0.4, 0.5) is 0 Å². The Morgan fingerprint density at radius 1 is 1.35 bits per heavy atom. The third-order valence-electron chi connectivity index (χ3n) is 2.77. The van der Waals surface area contributed by atoms with Gasteiger partial charge in [-0.3, -0.25) is 4.79 Å². The van der Waals surface area contributed by atoms with Crippen molar-refractivity contribution in [3.63, 3.8) is 0 Å². The third kappa shape index (κ3) is 2.64. The first-order chi connectivity index (χ1) is 7.93. The van der Waals surface area contributed by atoms with Gasteiger partial charge < -0.3 is 30.1 Å². The van der Waals surface area contributed by atoms with E-state index in [-0.39, 0.29) is 0 Å². The van der Waals surface area contributed by atoms with E-state index in [0.29, 0.717) is 0 Å². The molecule has 7 heteroatoms. The van der Waals surface area contributed by atoms with E-state index in [1.54, 1.807) is 0 Å². The zero-order chi connectivity index (χ0) is 13.2. The highest BCUT2D eigenvalue weighted by Crippen LogP contribution is 2.22. The zero-order valence-corrected chi connectivity index (χ0v) is 9.43. The van der Waals surface area contributed by atoms with E-state index in [9.17, 15) is 20.1 Å². The van der Waals surface area contributed by atoms with Crippen LogP contribution < -0.4 is 0 Å². The summed E-state index contributed by atoms with van der Waals surface area (Å²) < 4.78 is 5.16. The molecule has 1 saturated heterocycles. The fraction of sp³-hybridized carbons (Fsp3) is 0.700. The summed E-state index contributed by atoms with van der Waals surface area (Å²) in [4.78, 5) is 12.4. The molecule has 1 aliphatic heterocycles. The summed E-state index contributed by atoms with van der Waals surface area (Å²) in [6, 6.07) is 0. The number of likely N-dealkylation sites (N-methyl/N-ethyl adjacent to an activating group) is 1. The molecule has 4 N–H and O–H groups in total. The molecule has 1 rings (SSSR count). The Labute approximate surface area is 98.5 Å². The van der Waals surface area contributed by atoms with Crippen molar-refractivity contribution in [2.24, 2.45) is 0 Å². The van der Waals surface area contributed by atoms with Crippen molar-refractivity contribution >= 4 is 5.91 Å². The number of amides is 1. The number of carbonyl (C=O) groups is 1. The number of carbonyl (C=O) groups excluding carboxylic acids is 1. The van der Waals surface area contributed by atoms with E-state index in [1.807, 2.05) is 0 Å². The minimum atomic E-state index is -1.49. The minimum absolute atomic E-state index is 0.505. The molecule has 5 atom stereocenters. The second kappa shape index (κ2) is 5.56. The first-order valence-corrected chi connectivity index (χ1v) is 5.13. The minimum Gasteiger partial charge on any atom is -0.394 e. The Morgan fingerprint density at radius 3 is 2.41 bits per heavy atom. The molecule has 0 saturated carbocycles. The van der Waals surface area contributed by atoms with E-state index in [0.717, 1.165) is 11.0 Å². The van der Waals surface area contributed by atoms with Crippen LogP contribution in [-0.4, -0.2) is 75.5 Å². The molecule has 1 heterocycles. The van der Waals surface area contributed by atoms with Gasteiger partial charge in [-0.25, -0.2) is 0 Å². The largest absolute Gasteiger partial charge is 0.394 e. The zero-order valence-electron chi connectivity index (χ0n) is 9.43. The van der Waals surface area contributed by atoms with Crippen molar-refractivity contribution in [1.29, 1.82) is 0 Å².